The Morgan fingerprint density at radius 3 is 2.54 bits per heavy atom. The van der Waals surface area contributed by atoms with E-state index >= 15 is 0 Å². The summed E-state index contributed by atoms with van der Waals surface area (Å²) in [5, 5.41) is 2.86. The van der Waals surface area contributed by atoms with Crippen LogP contribution in [0.2, 0.25) is 0 Å². The standard InChI is InChI=1S/C18H20BrFN2O2/c1-3-22(11-13-4-5-14(20)10-17(13)19)12-18(23)21-15-6-8-16(24-2)9-7-15/h4-10H,3,11-12H2,1-2H3,(H,21,23). The molecular weight excluding hydrogens is 375 g/mol. The second-order valence-corrected chi connectivity index (χ2v) is 6.17. The number of nitrogens with zero attached hydrogens (tertiary/aromatic N) is 1. The number of likely N-dealkylation sites (N-methyl/N-ethyl adjacent to an activating group) is 1. The predicted molar refractivity (Wildman–Crippen MR) is 96.7 cm³/mol. The van der Waals surface area contributed by atoms with E-state index in [4.69, 9.17) is 4.74 Å². The fraction of sp³-hybridized carbons (Fsp3) is 0.278. The molecule has 0 aliphatic rings. The maximum atomic E-state index is 13.2. The molecule has 128 valence electrons. The zero-order valence-corrected chi connectivity index (χ0v) is 15.3. The van der Waals surface area contributed by atoms with Crippen molar-refractivity contribution in [2.24, 2.45) is 0 Å². The Bertz CT molecular complexity index is 692. The van der Waals surface area contributed by atoms with Crippen LogP contribution in [0.5, 0.6) is 5.75 Å². The first-order valence-electron chi connectivity index (χ1n) is 7.62. The number of nitrogens with one attached hydrogen (secondary N) is 1. The lowest BCUT2D eigenvalue weighted by Crippen LogP contribution is -2.32. The SMILES string of the molecule is CCN(CC(=O)Nc1ccc(OC)cc1)Cc1ccc(F)cc1Br. The Morgan fingerprint density at radius 1 is 1.25 bits per heavy atom. The number of ether oxygens (including phenoxy) is 1. The summed E-state index contributed by atoms with van der Waals surface area (Å²) in [5.41, 5.74) is 1.66. The summed E-state index contributed by atoms with van der Waals surface area (Å²) >= 11 is 3.36. The number of anilines is 1. The Hall–Kier alpha value is -1.92. The molecule has 2 aromatic rings. The largest absolute Gasteiger partial charge is 0.497 e. The summed E-state index contributed by atoms with van der Waals surface area (Å²) in [4.78, 5) is 14.2. The molecule has 0 bridgehead atoms. The van der Waals surface area contributed by atoms with E-state index in [9.17, 15) is 9.18 Å². The molecule has 2 rings (SSSR count). The number of carbonyl (C=O) groups is 1. The highest BCUT2D eigenvalue weighted by molar-refractivity contribution is 9.10. The van der Waals surface area contributed by atoms with E-state index < -0.39 is 0 Å². The summed E-state index contributed by atoms with van der Waals surface area (Å²) in [6.07, 6.45) is 0. The van der Waals surface area contributed by atoms with Gasteiger partial charge in [0.2, 0.25) is 5.91 Å². The molecule has 2 aromatic carbocycles. The lowest BCUT2D eigenvalue weighted by atomic mass is 10.2. The fourth-order valence-corrected chi connectivity index (χ4v) is 2.72. The molecule has 0 saturated carbocycles. The molecule has 0 aliphatic heterocycles. The molecule has 0 heterocycles. The molecule has 0 aliphatic carbocycles. The van der Waals surface area contributed by atoms with E-state index in [-0.39, 0.29) is 18.3 Å². The highest BCUT2D eigenvalue weighted by Crippen LogP contribution is 2.20. The Labute approximate surface area is 149 Å². The minimum atomic E-state index is -0.286. The molecule has 0 aromatic heterocycles. The minimum Gasteiger partial charge on any atom is -0.497 e. The van der Waals surface area contributed by atoms with Gasteiger partial charge in [-0.2, -0.15) is 0 Å². The van der Waals surface area contributed by atoms with Gasteiger partial charge in [-0.25, -0.2) is 4.39 Å². The van der Waals surface area contributed by atoms with E-state index in [1.165, 1.54) is 12.1 Å². The van der Waals surface area contributed by atoms with Crippen molar-refractivity contribution in [1.29, 1.82) is 0 Å². The first-order chi connectivity index (χ1) is 11.5. The van der Waals surface area contributed by atoms with Gasteiger partial charge in [-0.15, -0.1) is 0 Å². The topological polar surface area (TPSA) is 41.6 Å². The monoisotopic (exact) mass is 394 g/mol. The van der Waals surface area contributed by atoms with Gasteiger partial charge in [-0.05, 0) is 48.5 Å². The van der Waals surface area contributed by atoms with Crippen LogP contribution >= 0.6 is 15.9 Å². The van der Waals surface area contributed by atoms with Crippen molar-refractivity contribution in [3.8, 4) is 5.75 Å². The lowest BCUT2D eigenvalue weighted by molar-refractivity contribution is -0.117. The van der Waals surface area contributed by atoms with Crippen LogP contribution in [0, 0.1) is 5.82 Å². The van der Waals surface area contributed by atoms with Crippen LogP contribution in [-0.2, 0) is 11.3 Å². The van der Waals surface area contributed by atoms with E-state index in [0.717, 1.165) is 17.0 Å². The zero-order chi connectivity index (χ0) is 17.5. The molecular formula is C18H20BrFN2O2. The summed E-state index contributed by atoms with van der Waals surface area (Å²) < 4.78 is 19.0. The molecule has 1 amide bonds. The van der Waals surface area contributed by atoms with Gasteiger partial charge in [-0.3, -0.25) is 9.69 Å². The van der Waals surface area contributed by atoms with E-state index in [2.05, 4.69) is 21.2 Å². The van der Waals surface area contributed by atoms with Gasteiger partial charge in [0.05, 0.1) is 13.7 Å². The Balaban J connectivity index is 1.94. The number of hydrogen-bond acceptors (Lipinski definition) is 3. The molecule has 0 fully saturated rings. The first kappa shape index (κ1) is 18.4. The number of benzene rings is 2. The third-order valence-electron chi connectivity index (χ3n) is 3.60. The number of carbonyl (C=O) groups excluding carboxylic acids is 1. The number of rotatable bonds is 7. The van der Waals surface area contributed by atoms with Gasteiger partial charge in [0.15, 0.2) is 0 Å². The van der Waals surface area contributed by atoms with Crippen LogP contribution in [0.1, 0.15) is 12.5 Å². The molecule has 0 radical (unpaired) electrons. The highest BCUT2D eigenvalue weighted by atomic mass is 79.9. The summed E-state index contributed by atoms with van der Waals surface area (Å²) in [6.45, 7) is 3.51. The first-order valence-corrected chi connectivity index (χ1v) is 8.41. The van der Waals surface area contributed by atoms with Gasteiger partial charge in [0, 0.05) is 16.7 Å². The highest BCUT2D eigenvalue weighted by Gasteiger charge is 2.12. The van der Waals surface area contributed by atoms with E-state index in [0.29, 0.717) is 17.6 Å². The molecule has 0 atom stereocenters. The molecule has 0 saturated heterocycles. The number of halogens is 2. The van der Waals surface area contributed by atoms with Crippen LogP contribution < -0.4 is 10.1 Å². The van der Waals surface area contributed by atoms with Crippen molar-refractivity contribution in [2.75, 3.05) is 25.5 Å². The van der Waals surface area contributed by atoms with E-state index in [1.54, 1.807) is 37.4 Å². The number of amides is 1. The van der Waals surface area contributed by atoms with Crippen molar-refractivity contribution < 1.29 is 13.9 Å². The van der Waals surface area contributed by atoms with Gasteiger partial charge in [-0.1, -0.05) is 28.9 Å². The van der Waals surface area contributed by atoms with Crippen molar-refractivity contribution >= 4 is 27.5 Å². The van der Waals surface area contributed by atoms with Crippen molar-refractivity contribution in [2.45, 2.75) is 13.5 Å². The summed E-state index contributed by atoms with van der Waals surface area (Å²) in [7, 11) is 1.60. The van der Waals surface area contributed by atoms with Crippen molar-refractivity contribution in [3.05, 3.63) is 58.3 Å². The third-order valence-corrected chi connectivity index (χ3v) is 4.34. The maximum Gasteiger partial charge on any atom is 0.238 e. The summed E-state index contributed by atoms with van der Waals surface area (Å²) in [5.74, 6) is 0.357. The fourth-order valence-electron chi connectivity index (χ4n) is 2.25. The molecule has 24 heavy (non-hydrogen) atoms. The van der Waals surface area contributed by atoms with Crippen molar-refractivity contribution in [3.63, 3.8) is 0 Å². The summed E-state index contributed by atoms with van der Waals surface area (Å²) in [6, 6.07) is 11.8. The average Bonchev–Trinajstić information content (AvgIpc) is 2.57. The second kappa shape index (κ2) is 8.80. The molecule has 0 spiro atoms. The third kappa shape index (κ3) is 5.32. The lowest BCUT2D eigenvalue weighted by Gasteiger charge is -2.20. The van der Waals surface area contributed by atoms with Crippen LogP contribution in [-0.4, -0.2) is 31.0 Å². The van der Waals surface area contributed by atoms with Crippen LogP contribution in [0.15, 0.2) is 46.9 Å². The van der Waals surface area contributed by atoms with Gasteiger partial charge in [0.1, 0.15) is 11.6 Å². The van der Waals surface area contributed by atoms with Gasteiger partial charge < -0.3 is 10.1 Å². The van der Waals surface area contributed by atoms with Gasteiger partial charge in [0.25, 0.3) is 0 Å². The molecule has 0 unspecified atom stereocenters. The number of hydrogen-bond donors (Lipinski definition) is 1. The van der Waals surface area contributed by atoms with E-state index in [1.807, 2.05) is 11.8 Å². The smallest absolute Gasteiger partial charge is 0.238 e. The van der Waals surface area contributed by atoms with Crippen molar-refractivity contribution in [1.82, 2.24) is 4.90 Å². The quantitative estimate of drug-likeness (QED) is 0.769. The zero-order valence-electron chi connectivity index (χ0n) is 13.7. The maximum absolute atomic E-state index is 13.2. The molecule has 1 N–H and O–H groups in total. The normalized spacial score (nSPS) is 10.7. The van der Waals surface area contributed by atoms with Crippen LogP contribution in [0.3, 0.4) is 0 Å². The second-order valence-electron chi connectivity index (χ2n) is 5.32. The Kier molecular flexibility index (Phi) is 6.75. The Morgan fingerprint density at radius 2 is 1.96 bits per heavy atom. The van der Waals surface area contributed by atoms with Crippen LogP contribution in [0.25, 0.3) is 0 Å². The molecule has 4 nitrogen and oxygen atoms in total. The van der Waals surface area contributed by atoms with Gasteiger partial charge >= 0.3 is 0 Å². The van der Waals surface area contributed by atoms with Crippen LogP contribution in [0.4, 0.5) is 10.1 Å². The predicted octanol–water partition coefficient (Wildman–Crippen LogP) is 4.06. The number of methoxy groups -OCH3 is 1. The minimum absolute atomic E-state index is 0.0970. The average molecular weight is 395 g/mol. The molecule has 6 heteroatoms.